The number of nitrogens with two attached hydrogens (primary N) is 2. The van der Waals surface area contributed by atoms with E-state index in [1.807, 2.05) is 0 Å². The van der Waals surface area contributed by atoms with Gasteiger partial charge in [-0.1, -0.05) is 24.4 Å². The largest absolute Gasteiger partial charge is 0.386 e. The van der Waals surface area contributed by atoms with E-state index in [2.05, 4.69) is 20.3 Å². The Kier molecular flexibility index (Phi) is 6.08. The van der Waals surface area contributed by atoms with E-state index < -0.39 is 5.91 Å². The molecule has 2 atom stereocenters. The first-order valence-electron chi connectivity index (χ1n) is 8.82. The Morgan fingerprint density at radius 3 is 2.85 bits per heavy atom. The van der Waals surface area contributed by atoms with Gasteiger partial charge < -0.3 is 21.5 Å². The maximum Gasteiger partial charge on any atom is 0.286 e. The second kappa shape index (κ2) is 8.49. The SMILES string of the molecule is COCC(N)=N[C@@H]1CCCC[C@@H]1Nc1nc(C(N)=O)nc2ccc(Cl)cc12. The standard InChI is InChI=1S/C18H23ClN6O2/c1-27-9-15(20)22-13-4-2-3-5-14(13)24-17-11-8-10(19)6-7-12(11)23-18(25-17)16(21)26/h6-8,13-14H,2-5,9H2,1H3,(H2,20,22)(H2,21,26)(H,23,24,25)/t13-,14+/m1/s1. The van der Waals surface area contributed by atoms with Crippen LogP contribution in [0.5, 0.6) is 0 Å². The van der Waals surface area contributed by atoms with Crippen LogP contribution in [0.25, 0.3) is 10.9 Å². The van der Waals surface area contributed by atoms with Crippen molar-refractivity contribution in [3.63, 3.8) is 0 Å². The van der Waals surface area contributed by atoms with Crippen LogP contribution in [0, 0.1) is 0 Å². The fraction of sp³-hybridized carbons (Fsp3) is 0.444. The highest BCUT2D eigenvalue weighted by Crippen LogP contribution is 2.29. The van der Waals surface area contributed by atoms with Crippen molar-refractivity contribution in [2.75, 3.05) is 19.0 Å². The van der Waals surface area contributed by atoms with E-state index in [1.54, 1.807) is 25.3 Å². The number of ether oxygens (including phenoxy) is 1. The zero-order chi connectivity index (χ0) is 19.4. The van der Waals surface area contributed by atoms with Gasteiger partial charge in [0, 0.05) is 23.6 Å². The first-order valence-corrected chi connectivity index (χ1v) is 9.20. The normalized spacial score (nSPS) is 20.6. The maximum atomic E-state index is 11.6. The number of aliphatic imine (C=N–C) groups is 1. The molecule has 1 heterocycles. The molecule has 0 aliphatic heterocycles. The quantitative estimate of drug-likeness (QED) is 0.511. The fourth-order valence-corrected chi connectivity index (χ4v) is 3.50. The lowest BCUT2D eigenvalue weighted by molar-refractivity contribution is 0.0991. The van der Waals surface area contributed by atoms with Gasteiger partial charge in [0.15, 0.2) is 0 Å². The molecule has 9 heteroatoms. The predicted molar refractivity (Wildman–Crippen MR) is 106 cm³/mol. The van der Waals surface area contributed by atoms with Crippen LogP contribution in [-0.4, -0.2) is 47.5 Å². The number of nitrogens with one attached hydrogen (secondary N) is 1. The summed E-state index contributed by atoms with van der Waals surface area (Å²) in [4.78, 5) is 24.8. The van der Waals surface area contributed by atoms with E-state index in [0.29, 0.717) is 28.8 Å². The second-order valence-corrected chi connectivity index (χ2v) is 7.01. The highest BCUT2D eigenvalue weighted by molar-refractivity contribution is 6.31. The van der Waals surface area contributed by atoms with Crippen molar-refractivity contribution < 1.29 is 9.53 Å². The minimum absolute atomic E-state index is 0.00451. The number of fused-ring (bicyclic) bond motifs is 1. The number of amidine groups is 1. The number of primary amides is 1. The molecular formula is C18H23ClN6O2. The Balaban J connectivity index is 1.96. The maximum absolute atomic E-state index is 11.6. The Bertz CT molecular complexity index is 872. The van der Waals surface area contributed by atoms with Crippen LogP contribution in [0.1, 0.15) is 36.3 Å². The van der Waals surface area contributed by atoms with E-state index in [0.717, 1.165) is 31.1 Å². The molecule has 1 fully saturated rings. The summed E-state index contributed by atoms with van der Waals surface area (Å²) in [6.07, 6.45) is 3.97. The van der Waals surface area contributed by atoms with Crippen molar-refractivity contribution >= 4 is 40.1 Å². The van der Waals surface area contributed by atoms with E-state index in [-0.39, 0.29) is 17.9 Å². The van der Waals surface area contributed by atoms with Gasteiger partial charge in [-0.15, -0.1) is 0 Å². The number of aromatic nitrogens is 2. The molecule has 0 radical (unpaired) electrons. The summed E-state index contributed by atoms with van der Waals surface area (Å²) in [5.74, 6) is 0.262. The first-order chi connectivity index (χ1) is 13.0. The van der Waals surface area contributed by atoms with Gasteiger partial charge in [0.1, 0.15) is 18.3 Å². The molecule has 1 aromatic carbocycles. The number of nitrogens with zero attached hydrogens (tertiary/aromatic N) is 3. The zero-order valence-electron chi connectivity index (χ0n) is 15.1. The average molecular weight is 391 g/mol. The summed E-state index contributed by atoms with van der Waals surface area (Å²) >= 11 is 6.14. The topological polar surface area (TPSA) is 129 Å². The Labute approximate surface area is 162 Å². The summed E-state index contributed by atoms with van der Waals surface area (Å²) in [6, 6.07) is 5.24. The van der Waals surface area contributed by atoms with E-state index in [1.165, 1.54) is 0 Å². The predicted octanol–water partition coefficient (Wildman–Crippen LogP) is 2.11. The number of rotatable bonds is 6. The Morgan fingerprint density at radius 1 is 1.33 bits per heavy atom. The van der Waals surface area contributed by atoms with Gasteiger partial charge >= 0.3 is 0 Å². The Morgan fingerprint density at radius 2 is 2.11 bits per heavy atom. The molecule has 144 valence electrons. The third-order valence-electron chi connectivity index (χ3n) is 4.55. The molecule has 8 nitrogen and oxygen atoms in total. The summed E-state index contributed by atoms with van der Waals surface area (Å²) in [7, 11) is 1.58. The fourth-order valence-electron chi connectivity index (χ4n) is 3.33. The van der Waals surface area contributed by atoms with Crippen LogP contribution in [0.15, 0.2) is 23.2 Å². The molecule has 1 aliphatic rings. The average Bonchev–Trinajstić information content (AvgIpc) is 2.63. The number of carbonyl (C=O) groups excluding carboxylic acids is 1. The van der Waals surface area contributed by atoms with Crippen molar-refractivity contribution in [2.45, 2.75) is 37.8 Å². The van der Waals surface area contributed by atoms with Crippen LogP contribution in [0.3, 0.4) is 0 Å². The molecule has 1 aliphatic carbocycles. The zero-order valence-corrected chi connectivity index (χ0v) is 15.9. The molecule has 1 saturated carbocycles. The smallest absolute Gasteiger partial charge is 0.286 e. The number of benzene rings is 1. The molecule has 1 amide bonds. The monoisotopic (exact) mass is 390 g/mol. The van der Waals surface area contributed by atoms with Crippen molar-refractivity contribution in [3.8, 4) is 0 Å². The van der Waals surface area contributed by atoms with E-state index in [9.17, 15) is 4.79 Å². The lowest BCUT2D eigenvalue weighted by Gasteiger charge is -2.30. The van der Waals surface area contributed by atoms with Gasteiger partial charge in [-0.05, 0) is 31.0 Å². The molecule has 0 saturated heterocycles. The third-order valence-corrected chi connectivity index (χ3v) is 4.79. The molecule has 0 spiro atoms. The number of anilines is 1. The highest BCUT2D eigenvalue weighted by Gasteiger charge is 2.26. The van der Waals surface area contributed by atoms with Gasteiger partial charge in [-0.25, -0.2) is 9.97 Å². The number of amides is 1. The van der Waals surface area contributed by atoms with Gasteiger partial charge in [0.2, 0.25) is 5.82 Å². The summed E-state index contributed by atoms with van der Waals surface area (Å²) in [5.41, 5.74) is 11.9. The third kappa shape index (κ3) is 4.64. The van der Waals surface area contributed by atoms with E-state index in [4.69, 9.17) is 27.8 Å². The number of methoxy groups -OCH3 is 1. The Hall–Kier alpha value is -2.45. The molecule has 1 aromatic heterocycles. The van der Waals surface area contributed by atoms with Gasteiger partial charge in [-0.3, -0.25) is 9.79 Å². The van der Waals surface area contributed by atoms with Crippen LogP contribution in [0.2, 0.25) is 5.02 Å². The lowest BCUT2D eigenvalue weighted by Crippen LogP contribution is -2.38. The van der Waals surface area contributed by atoms with Gasteiger partial charge in [0.25, 0.3) is 5.91 Å². The minimum Gasteiger partial charge on any atom is -0.386 e. The molecule has 5 N–H and O–H groups in total. The van der Waals surface area contributed by atoms with Crippen LogP contribution in [0.4, 0.5) is 5.82 Å². The lowest BCUT2D eigenvalue weighted by atomic mass is 9.90. The summed E-state index contributed by atoms with van der Waals surface area (Å²) in [5, 5.41) is 4.71. The number of halogens is 1. The molecule has 27 heavy (non-hydrogen) atoms. The van der Waals surface area contributed by atoms with Crippen molar-refractivity contribution in [2.24, 2.45) is 16.5 Å². The van der Waals surface area contributed by atoms with Gasteiger partial charge in [0.05, 0.1) is 11.6 Å². The van der Waals surface area contributed by atoms with E-state index >= 15 is 0 Å². The van der Waals surface area contributed by atoms with Crippen LogP contribution >= 0.6 is 11.6 Å². The van der Waals surface area contributed by atoms with Crippen molar-refractivity contribution in [1.82, 2.24) is 9.97 Å². The summed E-state index contributed by atoms with van der Waals surface area (Å²) in [6.45, 7) is 0.293. The first kappa shape index (κ1) is 19.3. The van der Waals surface area contributed by atoms with Crippen molar-refractivity contribution in [1.29, 1.82) is 0 Å². The molecule has 2 aromatic rings. The van der Waals surface area contributed by atoms with Gasteiger partial charge in [-0.2, -0.15) is 0 Å². The molecular weight excluding hydrogens is 368 g/mol. The molecule has 0 bridgehead atoms. The van der Waals surface area contributed by atoms with Crippen LogP contribution < -0.4 is 16.8 Å². The summed E-state index contributed by atoms with van der Waals surface area (Å²) < 4.78 is 5.05. The molecule has 3 rings (SSSR count). The number of hydrogen-bond acceptors (Lipinski definition) is 6. The highest BCUT2D eigenvalue weighted by atomic mass is 35.5. The number of hydrogen-bond donors (Lipinski definition) is 3. The minimum atomic E-state index is -0.683. The number of carbonyl (C=O) groups is 1. The second-order valence-electron chi connectivity index (χ2n) is 6.58. The van der Waals surface area contributed by atoms with Crippen LogP contribution in [-0.2, 0) is 4.74 Å². The van der Waals surface area contributed by atoms with Crippen molar-refractivity contribution in [3.05, 3.63) is 29.0 Å². The molecule has 0 unspecified atom stereocenters.